The zero-order chi connectivity index (χ0) is 9.10. The first-order valence-corrected chi connectivity index (χ1v) is 4.29. The minimum absolute atomic E-state index is 0.695. The molecule has 0 spiro atoms. The summed E-state index contributed by atoms with van der Waals surface area (Å²) in [4.78, 5) is 3.92. The van der Waals surface area contributed by atoms with Crippen LogP contribution in [0.2, 0.25) is 0 Å². The number of pyridine rings is 1. The van der Waals surface area contributed by atoms with Gasteiger partial charge >= 0.3 is 0 Å². The molecule has 0 aliphatic rings. The van der Waals surface area contributed by atoms with E-state index in [1.54, 1.807) is 6.20 Å². The van der Waals surface area contributed by atoms with Crippen LogP contribution >= 0.6 is 0 Å². The summed E-state index contributed by atoms with van der Waals surface area (Å²) >= 11 is 0. The number of aromatic nitrogens is 1. The van der Waals surface area contributed by atoms with Crippen LogP contribution in [0.25, 0.3) is 10.8 Å². The third-order valence-electron chi connectivity index (χ3n) is 1.87. The number of fused-ring (bicyclic) bond motifs is 1. The largest absolute Gasteiger partial charge is 0.494 e. The second-order valence-electron chi connectivity index (χ2n) is 2.76. The molecule has 0 aliphatic heterocycles. The molecule has 13 heavy (non-hydrogen) atoms. The van der Waals surface area contributed by atoms with Crippen LogP contribution in [0.1, 0.15) is 6.92 Å². The average molecular weight is 172 g/mol. The van der Waals surface area contributed by atoms with Crippen LogP contribution < -0.4 is 4.74 Å². The molecule has 2 heteroatoms. The molecule has 0 fully saturated rings. The molecule has 2 rings (SSSR count). The Hall–Kier alpha value is -1.57. The van der Waals surface area contributed by atoms with Crippen LogP contribution in [0.15, 0.2) is 30.5 Å². The summed E-state index contributed by atoms with van der Waals surface area (Å²) in [6, 6.07) is 7.81. The minimum atomic E-state index is 0.695. The number of benzene rings is 1. The van der Waals surface area contributed by atoms with Crippen LogP contribution in [0, 0.1) is 6.20 Å². The summed E-state index contributed by atoms with van der Waals surface area (Å²) < 4.78 is 5.38. The fourth-order valence-corrected chi connectivity index (χ4v) is 1.27. The van der Waals surface area contributed by atoms with E-state index in [9.17, 15) is 0 Å². The second kappa shape index (κ2) is 3.44. The van der Waals surface area contributed by atoms with Crippen LogP contribution in [-0.4, -0.2) is 11.6 Å². The van der Waals surface area contributed by atoms with Gasteiger partial charge < -0.3 is 4.74 Å². The van der Waals surface area contributed by atoms with Gasteiger partial charge in [-0.3, -0.25) is 4.98 Å². The van der Waals surface area contributed by atoms with E-state index in [4.69, 9.17) is 4.74 Å². The van der Waals surface area contributed by atoms with Gasteiger partial charge in [0.2, 0.25) is 0 Å². The first-order valence-electron chi connectivity index (χ1n) is 4.29. The van der Waals surface area contributed by atoms with Crippen molar-refractivity contribution in [2.24, 2.45) is 0 Å². The van der Waals surface area contributed by atoms with E-state index in [1.165, 1.54) is 0 Å². The normalized spacial score (nSPS) is 10.2. The monoisotopic (exact) mass is 172 g/mol. The fraction of sp³-hybridized carbons (Fsp3) is 0.182. The first kappa shape index (κ1) is 8.05. The summed E-state index contributed by atoms with van der Waals surface area (Å²) in [5.41, 5.74) is 0. The van der Waals surface area contributed by atoms with Gasteiger partial charge in [0, 0.05) is 11.6 Å². The van der Waals surface area contributed by atoms with E-state index in [-0.39, 0.29) is 0 Å². The highest BCUT2D eigenvalue weighted by Crippen LogP contribution is 2.19. The fourth-order valence-electron chi connectivity index (χ4n) is 1.27. The molecule has 0 saturated carbocycles. The Balaban J connectivity index is 2.49. The number of rotatable bonds is 2. The summed E-state index contributed by atoms with van der Waals surface area (Å²) in [6.07, 6.45) is 4.60. The van der Waals surface area contributed by atoms with Gasteiger partial charge in [-0.25, -0.2) is 0 Å². The Morgan fingerprint density at radius 2 is 2.31 bits per heavy atom. The lowest BCUT2D eigenvalue weighted by Gasteiger charge is -2.03. The van der Waals surface area contributed by atoms with Gasteiger partial charge in [-0.2, -0.15) is 0 Å². The molecule has 0 saturated heterocycles. The highest BCUT2D eigenvalue weighted by Gasteiger charge is 1.95. The van der Waals surface area contributed by atoms with Crippen molar-refractivity contribution >= 4 is 10.8 Å². The third kappa shape index (κ3) is 1.61. The van der Waals surface area contributed by atoms with Gasteiger partial charge in [0.1, 0.15) is 5.75 Å². The van der Waals surface area contributed by atoms with Gasteiger partial charge in [-0.05, 0) is 36.6 Å². The Bertz CT molecular complexity index is 412. The SMILES string of the molecule is CCOc1ccc2cn[c]cc2c1. The van der Waals surface area contributed by atoms with Gasteiger partial charge in [-0.1, -0.05) is 0 Å². The van der Waals surface area contributed by atoms with Crippen molar-refractivity contribution in [2.45, 2.75) is 6.92 Å². The molecule has 1 aromatic heterocycles. The van der Waals surface area contributed by atoms with Crippen LogP contribution in [0.3, 0.4) is 0 Å². The Labute approximate surface area is 77.2 Å². The molecule has 2 nitrogen and oxygen atoms in total. The maximum Gasteiger partial charge on any atom is 0.119 e. The minimum Gasteiger partial charge on any atom is -0.494 e. The van der Waals surface area contributed by atoms with Gasteiger partial charge in [0.05, 0.1) is 12.8 Å². The van der Waals surface area contributed by atoms with Crippen molar-refractivity contribution in [1.82, 2.24) is 4.98 Å². The molecule has 0 amide bonds. The Morgan fingerprint density at radius 3 is 3.15 bits per heavy atom. The maximum atomic E-state index is 5.38. The summed E-state index contributed by atoms with van der Waals surface area (Å²) in [7, 11) is 0. The zero-order valence-corrected chi connectivity index (χ0v) is 7.45. The van der Waals surface area contributed by atoms with Crippen molar-refractivity contribution in [2.75, 3.05) is 6.61 Å². The van der Waals surface area contributed by atoms with Crippen molar-refractivity contribution in [3.8, 4) is 5.75 Å². The van der Waals surface area contributed by atoms with Crippen LogP contribution in [0.4, 0.5) is 0 Å². The Kier molecular flexibility index (Phi) is 2.13. The van der Waals surface area contributed by atoms with Gasteiger partial charge in [-0.15, -0.1) is 0 Å². The Morgan fingerprint density at radius 1 is 1.38 bits per heavy atom. The number of hydrogen-bond acceptors (Lipinski definition) is 2. The number of nitrogens with zero attached hydrogens (tertiary/aromatic N) is 1. The van der Waals surface area contributed by atoms with Crippen molar-refractivity contribution in [3.05, 3.63) is 36.7 Å². The molecule has 0 bridgehead atoms. The second-order valence-corrected chi connectivity index (χ2v) is 2.76. The number of hydrogen-bond donors (Lipinski definition) is 0. The van der Waals surface area contributed by atoms with Crippen molar-refractivity contribution in [3.63, 3.8) is 0 Å². The molecular formula is C11H10NO. The zero-order valence-electron chi connectivity index (χ0n) is 7.45. The van der Waals surface area contributed by atoms with E-state index in [1.807, 2.05) is 31.2 Å². The molecule has 0 atom stereocenters. The topological polar surface area (TPSA) is 22.1 Å². The smallest absolute Gasteiger partial charge is 0.119 e. The summed E-state index contributed by atoms with van der Waals surface area (Å²) in [5.74, 6) is 0.898. The lowest BCUT2D eigenvalue weighted by molar-refractivity contribution is 0.341. The van der Waals surface area contributed by atoms with Crippen LogP contribution in [0.5, 0.6) is 5.75 Å². The van der Waals surface area contributed by atoms with Crippen molar-refractivity contribution < 1.29 is 4.74 Å². The lowest BCUT2D eigenvalue weighted by Crippen LogP contribution is -1.90. The first-order chi connectivity index (χ1) is 6.40. The van der Waals surface area contributed by atoms with E-state index < -0.39 is 0 Å². The van der Waals surface area contributed by atoms with Gasteiger partial charge in [0.25, 0.3) is 0 Å². The van der Waals surface area contributed by atoms with Crippen molar-refractivity contribution in [1.29, 1.82) is 0 Å². The third-order valence-corrected chi connectivity index (χ3v) is 1.87. The molecule has 2 aromatic rings. The molecule has 0 unspecified atom stereocenters. The predicted octanol–water partition coefficient (Wildman–Crippen LogP) is 2.43. The van der Waals surface area contributed by atoms with E-state index >= 15 is 0 Å². The van der Waals surface area contributed by atoms with E-state index in [0.29, 0.717) is 6.61 Å². The highest BCUT2D eigenvalue weighted by molar-refractivity contribution is 5.82. The molecule has 1 radical (unpaired) electrons. The summed E-state index contributed by atoms with van der Waals surface area (Å²) in [5, 5.41) is 2.23. The summed E-state index contributed by atoms with van der Waals surface area (Å²) in [6.45, 7) is 2.67. The molecule has 65 valence electrons. The molecule has 0 aliphatic carbocycles. The maximum absolute atomic E-state index is 5.38. The van der Waals surface area contributed by atoms with E-state index in [2.05, 4.69) is 11.2 Å². The molecule has 1 aromatic carbocycles. The van der Waals surface area contributed by atoms with Gasteiger partial charge in [0.15, 0.2) is 0 Å². The molecular weight excluding hydrogens is 162 g/mol. The molecule has 1 heterocycles. The molecule has 0 N–H and O–H groups in total. The highest BCUT2D eigenvalue weighted by atomic mass is 16.5. The lowest BCUT2D eigenvalue weighted by atomic mass is 10.2. The van der Waals surface area contributed by atoms with Crippen LogP contribution in [-0.2, 0) is 0 Å². The standard InChI is InChI=1S/C11H10NO/c1-2-13-11-4-3-10-8-12-6-5-9(10)7-11/h3-5,7-8H,2H2,1H3. The predicted molar refractivity (Wildman–Crippen MR) is 51.7 cm³/mol. The van der Waals surface area contributed by atoms with E-state index in [0.717, 1.165) is 16.5 Å². The quantitative estimate of drug-likeness (QED) is 0.694. The number of ether oxygens (including phenoxy) is 1. The average Bonchev–Trinajstić information content (AvgIpc) is 2.18.